The quantitative estimate of drug-likeness (QED) is 0.501. The molecule has 0 spiro atoms. The number of hydrogen-bond donors (Lipinski definition) is 2. The Balaban J connectivity index is 1.28. The first kappa shape index (κ1) is 21.1. The molecule has 3 aromatic rings. The van der Waals surface area contributed by atoms with Crippen molar-refractivity contribution < 1.29 is 19.4 Å². The second kappa shape index (κ2) is 9.79. The predicted octanol–water partition coefficient (Wildman–Crippen LogP) is 5.34. The molecule has 1 amide bonds. The van der Waals surface area contributed by atoms with Crippen molar-refractivity contribution in [3.05, 3.63) is 107 Å². The molecule has 1 aliphatic rings. The number of rotatable bonds is 7. The van der Waals surface area contributed by atoms with Gasteiger partial charge in [0.05, 0.1) is 0 Å². The van der Waals surface area contributed by atoms with Gasteiger partial charge in [-0.15, -0.1) is 0 Å². The van der Waals surface area contributed by atoms with Crippen LogP contribution in [0.2, 0.25) is 0 Å². The lowest BCUT2D eigenvalue weighted by molar-refractivity contribution is -0.131. The van der Waals surface area contributed by atoms with Crippen molar-refractivity contribution in [1.82, 2.24) is 5.32 Å². The van der Waals surface area contributed by atoms with Crippen LogP contribution in [0.1, 0.15) is 28.2 Å². The van der Waals surface area contributed by atoms with Gasteiger partial charge in [-0.1, -0.05) is 84.9 Å². The van der Waals surface area contributed by atoms with Crippen LogP contribution in [-0.2, 0) is 9.53 Å². The van der Waals surface area contributed by atoms with Crippen molar-refractivity contribution in [1.29, 1.82) is 0 Å². The van der Waals surface area contributed by atoms with Crippen molar-refractivity contribution in [2.45, 2.75) is 5.92 Å². The Bertz CT molecular complexity index is 1130. The Morgan fingerprint density at radius 2 is 1.41 bits per heavy atom. The number of carbonyl (C=O) groups excluding carboxylic acids is 1. The maximum absolute atomic E-state index is 12.2. The number of amides is 1. The van der Waals surface area contributed by atoms with Crippen molar-refractivity contribution in [2.75, 3.05) is 13.2 Å². The average Bonchev–Trinajstić information content (AvgIpc) is 3.13. The Morgan fingerprint density at radius 3 is 2.00 bits per heavy atom. The van der Waals surface area contributed by atoms with Crippen molar-refractivity contribution in [2.24, 2.45) is 0 Å². The highest BCUT2D eigenvalue weighted by Gasteiger charge is 2.28. The van der Waals surface area contributed by atoms with E-state index in [2.05, 4.69) is 29.6 Å². The molecule has 0 aliphatic heterocycles. The van der Waals surface area contributed by atoms with Gasteiger partial charge >= 0.3 is 12.1 Å². The predicted molar refractivity (Wildman–Crippen MR) is 125 cm³/mol. The average molecular weight is 425 g/mol. The molecule has 0 heterocycles. The maximum atomic E-state index is 12.2. The van der Waals surface area contributed by atoms with E-state index in [1.54, 1.807) is 0 Å². The lowest BCUT2D eigenvalue weighted by atomic mass is 9.98. The van der Waals surface area contributed by atoms with E-state index in [9.17, 15) is 9.59 Å². The highest BCUT2D eigenvalue weighted by Crippen LogP contribution is 2.44. The zero-order valence-electron chi connectivity index (χ0n) is 17.4. The third-order valence-corrected chi connectivity index (χ3v) is 5.37. The minimum Gasteiger partial charge on any atom is -0.478 e. The Morgan fingerprint density at radius 1 is 0.844 bits per heavy atom. The highest BCUT2D eigenvalue weighted by atomic mass is 16.5. The molecular weight excluding hydrogens is 402 g/mol. The van der Waals surface area contributed by atoms with Gasteiger partial charge in [0.15, 0.2) is 0 Å². The molecule has 0 radical (unpaired) electrons. The summed E-state index contributed by atoms with van der Waals surface area (Å²) in [5, 5.41) is 11.4. The Hall–Kier alpha value is -4.12. The minimum atomic E-state index is -0.978. The summed E-state index contributed by atoms with van der Waals surface area (Å²) in [6, 6.07) is 23.9. The van der Waals surface area contributed by atoms with Gasteiger partial charge in [0.2, 0.25) is 0 Å². The van der Waals surface area contributed by atoms with Gasteiger partial charge in [0.25, 0.3) is 0 Å². The largest absolute Gasteiger partial charge is 0.478 e. The number of benzene rings is 3. The van der Waals surface area contributed by atoms with Crippen LogP contribution in [0.15, 0.2) is 84.9 Å². The number of alkyl carbamates (subject to hydrolysis) is 1. The fraction of sp³-hybridized carbons (Fsp3) is 0.111. The number of hydrogen-bond acceptors (Lipinski definition) is 3. The number of carbonyl (C=O) groups is 2. The molecule has 5 nitrogen and oxygen atoms in total. The monoisotopic (exact) mass is 425 g/mol. The van der Waals surface area contributed by atoms with Crippen LogP contribution in [0, 0.1) is 0 Å². The van der Waals surface area contributed by atoms with Crippen LogP contribution in [0.3, 0.4) is 0 Å². The molecule has 32 heavy (non-hydrogen) atoms. The molecule has 0 fully saturated rings. The number of carboxylic acids is 1. The van der Waals surface area contributed by atoms with Crippen LogP contribution < -0.4 is 5.32 Å². The van der Waals surface area contributed by atoms with E-state index in [4.69, 9.17) is 9.84 Å². The molecule has 1 aliphatic carbocycles. The molecule has 3 aromatic carbocycles. The number of ether oxygens (including phenoxy) is 1. The fourth-order valence-corrected chi connectivity index (χ4v) is 3.87. The third kappa shape index (κ3) is 4.95. The van der Waals surface area contributed by atoms with Gasteiger partial charge in [-0.3, -0.25) is 0 Å². The molecule has 0 bridgehead atoms. The normalized spacial score (nSPS) is 12.6. The summed E-state index contributed by atoms with van der Waals surface area (Å²) in [6.07, 6.45) is 5.90. The molecule has 0 saturated heterocycles. The second-order valence-electron chi connectivity index (χ2n) is 7.45. The van der Waals surface area contributed by atoms with Crippen LogP contribution in [0.5, 0.6) is 0 Å². The first-order chi connectivity index (χ1) is 15.6. The highest BCUT2D eigenvalue weighted by molar-refractivity contribution is 5.85. The molecule has 0 atom stereocenters. The molecule has 4 rings (SSSR count). The number of carboxylic acid groups (broad SMARTS) is 1. The zero-order valence-corrected chi connectivity index (χ0v) is 17.4. The van der Waals surface area contributed by atoms with Crippen LogP contribution in [0.4, 0.5) is 4.79 Å². The summed E-state index contributed by atoms with van der Waals surface area (Å²) in [5.74, 6) is -0.939. The second-order valence-corrected chi connectivity index (χ2v) is 7.45. The van der Waals surface area contributed by atoms with Gasteiger partial charge in [-0.25, -0.2) is 9.59 Å². The maximum Gasteiger partial charge on any atom is 0.407 e. The fourth-order valence-electron chi connectivity index (χ4n) is 3.87. The SMILES string of the molecule is O=C(O)/C=C/c1ccc(C=CCNC(=O)OCC2c3ccccc3-c3ccccc32)cc1. The summed E-state index contributed by atoms with van der Waals surface area (Å²) in [4.78, 5) is 22.7. The molecule has 0 aromatic heterocycles. The molecule has 0 saturated carbocycles. The topological polar surface area (TPSA) is 75.6 Å². The lowest BCUT2D eigenvalue weighted by Gasteiger charge is -2.14. The number of aliphatic carboxylic acids is 1. The summed E-state index contributed by atoms with van der Waals surface area (Å²) in [6.45, 7) is 0.631. The first-order valence-electron chi connectivity index (χ1n) is 10.4. The molecule has 0 unspecified atom stereocenters. The van der Waals surface area contributed by atoms with E-state index >= 15 is 0 Å². The lowest BCUT2D eigenvalue weighted by Crippen LogP contribution is -2.26. The smallest absolute Gasteiger partial charge is 0.407 e. The first-order valence-corrected chi connectivity index (χ1v) is 10.4. The molecule has 2 N–H and O–H groups in total. The Kier molecular flexibility index (Phi) is 6.46. The number of nitrogens with one attached hydrogen (secondary N) is 1. The standard InChI is InChI=1S/C27H23NO4/c29-26(30)16-15-20-13-11-19(12-14-20)6-5-17-28-27(31)32-18-25-23-9-3-1-7-21(23)22-8-2-4-10-24(22)25/h1-16,25H,17-18H2,(H,28,31)(H,29,30)/b6-5?,16-15+. The van der Waals surface area contributed by atoms with Crippen molar-refractivity contribution in [3.8, 4) is 11.1 Å². The van der Waals surface area contributed by atoms with Gasteiger partial charge < -0.3 is 15.2 Å². The van der Waals surface area contributed by atoms with Gasteiger partial charge in [0.1, 0.15) is 6.61 Å². The molecule has 5 heteroatoms. The van der Waals surface area contributed by atoms with E-state index in [1.807, 2.05) is 60.7 Å². The molecular formula is C27H23NO4. The van der Waals surface area contributed by atoms with Gasteiger partial charge in [-0.05, 0) is 39.5 Å². The summed E-state index contributed by atoms with van der Waals surface area (Å²) in [5.41, 5.74) is 6.52. The van der Waals surface area contributed by atoms with Crippen molar-refractivity contribution >= 4 is 24.2 Å². The van der Waals surface area contributed by atoms with Gasteiger partial charge in [0, 0.05) is 18.5 Å². The van der Waals surface area contributed by atoms with Gasteiger partial charge in [-0.2, -0.15) is 0 Å². The summed E-state index contributed by atoms with van der Waals surface area (Å²) < 4.78 is 5.51. The third-order valence-electron chi connectivity index (χ3n) is 5.37. The minimum absolute atomic E-state index is 0.0392. The van der Waals surface area contributed by atoms with Crippen LogP contribution in [0.25, 0.3) is 23.3 Å². The van der Waals surface area contributed by atoms with E-state index in [0.717, 1.165) is 17.2 Å². The molecule has 160 valence electrons. The van der Waals surface area contributed by atoms with E-state index in [-0.39, 0.29) is 12.5 Å². The summed E-state index contributed by atoms with van der Waals surface area (Å²) in [7, 11) is 0. The van der Waals surface area contributed by atoms with Crippen molar-refractivity contribution in [3.63, 3.8) is 0 Å². The van der Waals surface area contributed by atoms with Crippen LogP contribution >= 0.6 is 0 Å². The zero-order chi connectivity index (χ0) is 22.3. The van der Waals surface area contributed by atoms with E-state index < -0.39 is 12.1 Å². The van der Waals surface area contributed by atoms with E-state index in [1.165, 1.54) is 28.3 Å². The Labute approximate surface area is 186 Å². The number of fused-ring (bicyclic) bond motifs is 3. The summed E-state index contributed by atoms with van der Waals surface area (Å²) >= 11 is 0. The van der Waals surface area contributed by atoms with Crippen LogP contribution in [-0.4, -0.2) is 30.3 Å². The van der Waals surface area contributed by atoms with E-state index in [0.29, 0.717) is 6.54 Å².